The second kappa shape index (κ2) is 6.17. The van der Waals surface area contributed by atoms with Gasteiger partial charge in [0.1, 0.15) is 5.75 Å². The van der Waals surface area contributed by atoms with Crippen molar-refractivity contribution in [3.63, 3.8) is 0 Å². The van der Waals surface area contributed by atoms with Crippen LogP contribution in [0.1, 0.15) is 65.5 Å². The largest absolute Gasteiger partial charge is 0.491 e. The third-order valence-electron chi connectivity index (χ3n) is 4.46. The average Bonchev–Trinajstić information content (AvgIpc) is 2.69. The van der Waals surface area contributed by atoms with E-state index in [4.69, 9.17) is 4.74 Å². The van der Waals surface area contributed by atoms with Gasteiger partial charge in [0.2, 0.25) is 0 Å². The topological polar surface area (TPSA) is 21.3 Å². The number of rotatable bonds is 5. The molecule has 1 aromatic rings. The second-order valence-electron chi connectivity index (χ2n) is 7.06. The fraction of sp³-hybridized carbons (Fsp3) is 0.667. The predicted octanol–water partition coefficient (Wildman–Crippen LogP) is 4.70. The first-order valence-corrected chi connectivity index (χ1v) is 7.91. The van der Waals surface area contributed by atoms with Gasteiger partial charge in [0.05, 0.1) is 6.10 Å². The van der Waals surface area contributed by atoms with Gasteiger partial charge in [0.25, 0.3) is 0 Å². The van der Waals surface area contributed by atoms with Crippen LogP contribution in [0.2, 0.25) is 0 Å². The van der Waals surface area contributed by atoms with E-state index in [2.05, 4.69) is 64.2 Å². The maximum Gasteiger partial charge on any atom is 0.119 e. The van der Waals surface area contributed by atoms with Crippen LogP contribution in [-0.4, -0.2) is 12.1 Å². The lowest BCUT2D eigenvalue weighted by molar-refractivity contribution is 0.242. The van der Waals surface area contributed by atoms with Crippen LogP contribution in [0.3, 0.4) is 0 Å². The molecule has 20 heavy (non-hydrogen) atoms. The standard InChI is InChI=1S/C18H29NO/c1-13(2)20-16-10-8-15(9-11-16)14(3)19-17-7-6-12-18(17,4)5/h8-11,13-14,17,19H,6-7,12H2,1-5H3. The van der Waals surface area contributed by atoms with Gasteiger partial charge in [0, 0.05) is 12.1 Å². The summed E-state index contributed by atoms with van der Waals surface area (Å²) in [5.41, 5.74) is 1.76. The summed E-state index contributed by atoms with van der Waals surface area (Å²) in [5, 5.41) is 3.80. The SMILES string of the molecule is CC(C)Oc1ccc(C(C)NC2CCCC2(C)C)cc1. The third-order valence-corrected chi connectivity index (χ3v) is 4.46. The molecule has 1 aliphatic rings. The molecule has 0 aliphatic heterocycles. The van der Waals surface area contributed by atoms with Gasteiger partial charge >= 0.3 is 0 Å². The molecule has 0 heterocycles. The molecule has 1 fully saturated rings. The molecule has 1 aromatic carbocycles. The van der Waals surface area contributed by atoms with Crippen LogP contribution in [0, 0.1) is 5.41 Å². The van der Waals surface area contributed by atoms with Gasteiger partial charge in [0.15, 0.2) is 0 Å². The van der Waals surface area contributed by atoms with Gasteiger partial charge in [-0.15, -0.1) is 0 Å². The van der Waals surface area contributed by atoms with Crippen molar-refractivity contribution in [2.24, 2.45) is 5.41 Å². The summed E-state index contributed by atoms with van der Waals surface area (Å²) in [7, 11) is 0. The first kappa shape index (κ1) is 15.4. The summed E-state index contributed by atoms with van der Waals surface area (Å²) in [4.78, 5) is 0. The van der Waals surface area contributed by atoms with Gasteiger partial charge in [-0.3, -0.25) is 0 Å². The van der Waals surface area contributed by atoms with E-state index in [9.17, 15) is 0 Å². The van der Waals surface area contributed by atoms with E-state index in [1.807, 2.05) is 0 Å². The molecule has 0 saturated heterocycles. The molecule has 2 rings (SSSR count). The van der Waals surface area contributed by atoms with E-state index in [1.54, 1.807) is 0 Å². The van der Waals surface area contributed by atoms with Crippen LogP contribution in [0.15, 0.2) is 24.3 Å². The van der Waals surface area contributed by atoms with Crippen molar-refractivity contribution in [1.29, 1.82) is 0 Å². The van der Waals surface area contributed by atoms with Crippen molar-refractivity contribution in [3.8, 4) is 5.75 Å². The van der Waals surface area contributed by atoms with Crippen LogP contribution in [-0.2, 0) is 0 Å². The molecule has 0 radical (unpaired) electrons. The molecule has 1 N–H and O–H groups in total. The Morgan fingerprint density at radius 3 is 2.30 bits per heavy atom. The zero-order valence-electron chi connectivity index (χ0n) is 13.6. The Labute approximate surface area is 123 Å². The van der Waals surface area contributed by atoms with Gasteiger partial charge in [-0.2, -0.15) is 0 Å². The summed E-state index contributed by atoms with van der Waals surface area (Å²) >= 11 is 0. The minimum Gasteiger partial charge on any atom is -0.491 e. The highest BCUT2D eigenvalue weighted by atomic mass is 16.5. The molecule has 0 bridgehead atoms. The highest BCUT2D eigenvalue weighted by molar-refractivity contribution is 5.29. The molecule has 112 valence electrons. The summed E-state index contributed by atoms with van der Waals surface area (Å²) in [6, 6.07) is 9.53. The van der Waals surface area contributed by atoms with Crippen molar-refractivity contribution in [1.82, 2.24) is 5.32 Å². The lowest BCUT2D eigenvalue weighted by Crippen LogP contribution is -2.39. The fourth-order valence-electron chi connectivity index (χ4n) is 3.14. The van der Waals surface area contributed by atoms with E-state index >= 15 is 0 Å². The van der Waals surface area contributed by atoms with Crippen molar-refractivity contribution >= 4 is 0 Å². The Bertz CT molecular complexity index is 422. The van der Waals surface area contributed by atoms with E-state index in [0.717, 1.165) is 5.75 Å². The van der Waals surface area contributed by atoms with Crippen LogP contribution in [0.5, 0.6) is 5.75 Å². The highest BCUT2D eigenvalue weighted by Crippen LogP contribution is 2.38. The zero-order chi connectivity index (χ0) is 14.8. The lowest BCUT2D eigenvalue weighted by atomic mass is 9.86. The average molecular weight is 275 g/mol. The molecule has 1 aliphatic carbocycles. The van der Waals surface area contributed by atoms with Gasteiger partial charge in [-0.25, -0.2) is 0 Å². The summed E-state index contributed by atoms with van der Waals surface area (Å²) in [5.74, 6) is 0.956. The van der Waals surface area contributed by atoms with E-state index in [-0.39, 0.29) is 6.10 Å². The van der Waals surface area contributed by atoms with Crippen molar-refractivity contribution in [3.05, 3.63) is 29.8 Å². The maximum atomic E-state index is 5.70. The Balaban J connectivity index is 1.97. The molecular weight excluding hydrogens is 246 g/mol. The number of hydrogen-bond donors (Lipinski definition) is 1. The minimum absolute atomic E-state index is 0.232. The van der Waals surface area contributed by atoms with Crippen LogP contribution >= 0.6 is 0 Å². The maximum absolute atomic E-state index is 5.70. The minimum atomic E-state index is 0.232. The number of hydrogen-bond acceptors (Lipinski definition) is 2. The molecule has 0 aromatic heterocycles. The Kier molecular flexibility index (Phi) is 4.74. The molecular formula is C18H29NO. The van der Waals surface area contributed by atoms with Crippen LogP contribution < -0.4 is 10.1 Å². The van der Waals surface area contributed by atoms with Gasteiger partial charge in [-0.1, -0.05) is 32.4 Å². The summed E-state index contributed by atoms with van der Waals surface area (Å²) in [6.45, 7) is 11.1. The first-order valence-electron chi connectivity index (χ1n) is 7.91. The lowest BCUT2D eigenvalue weighted by Gasteiger charge is -2.31. The Hall–Kier alpha value is -1.02. The molecule has 2 unspecified atom stereocenters. The van der Waals surface area contributed by atoms with Crippen molar-refractivity contribution in [2.75, 3.05) is 0 Å². The normalized spacial score (nSPS) is 23.0. The van der Waals surface area contributed by atoms with Gasteiger partial charge < -0.3 is 10.1 Å². The molecule has 2 heteroatoms. The van der Waals surface area contributed by atoms with Crippen LogP contribution in [0.25, 0.3) is 0 Å². The summed E-state index contributed by atoms with van der Waals surface area (Å²) in [6.07, 6.45) is 4.21. The highest BCUT2D eigenvalue weighted by Gasteiger charge is 2.34. The quantitative estimate of drug-likeness (QED) is 0.840. The second-order valence-corrected chi connectivity index (χ2v) is 7.06. The summed E-state index contributed by atoms with van der Waals surface area (Å²) < 4.78 is 5.70. The fourth-order valence-corrected chi connectivity index (χ4v) is 3.14. The zero-order valence-corrected chi connectivity index (χ0v) is 13.6. The van der Waals surface area contributed by atoms with Crippen molar-refractivity contribution in [2.45, 2.75) is 72.1 Å². The molecule has 2 atom stereocenters. The Morgan fingerprint density at radius 1 is 1.15 bits per heavy atom. The molecule has 0 spiro atoms. The predicted molar refractivity (Wildman–Crippen MR) is 85.2 cm³/mol. The van der Waals surface area contributed by atoms with E-state index in [0.29, 0.717) is 17.5 Å². The molecule has 2 nitrogen and oxygen atoms in total. The monoisotopic (exact) mass is 275 g/mol. The Morgan fingerprint density at radius 2 is 1.80 bits per heavy atom. The molecule has 1 saturated carbocycles. The van der Waals surface area contributed by atoms with E-state index < -0.39 is 0 Å². The van der Waals surface area contributed by atoms with E-state index in [1.165, 1.54) is 24.8 Å². The van der Waals surface area contributed by atoms with Crippen molar-refractivity contribution < 1.29 is 4.74 Å². The van der Waals surface area contributed by atoms with Gasteiger partial charge in [-0.05, 0) is 56.7 Å². The molecule has 0 amide bonds. The number of benzene rings is 1. The first-order chi connectivity index (χ1) is 9.38. The number of ether oxygens (including phenoxy) is 1. The van der Waals surface area contributed by atoms with Crippen LogP contribution in [0.4, 0.5) is 0 Å². The smallest absolute Gasteiger partial charge is 0.119 e. The third kappa shape index (κ3) is 3.76. The number of nitrogens with one attached hydrogen (secondary N) is 1.